The molecule has 0 fully saturated rings. The van der Waals surface area contributed by atoms with Gasteiger partial charge < -0.3 is 15.3 Å². The molecule has 130 valence electrons. The Bertz CT molecular complexity index is 705. The fourth-order valence-electron chi connectivity index (χ4n) is 3.14. The van der Waals surface area contributed by atoms with Crippen molar-refractivity contribution < 1.29 is 20.1 Å². The molecule has 0 bridgehead atoms. The van der Waals surface area contributed by atoms with Gasteiger partial charge in [-0.05, 0) is 11.1 Å². The summed E-state index contributed by atoms with van der Waals surface area (Å²) in [5.41, 5.74) is 2.09. The lowest BCUT2D eigenvalue weighted by Gasteiger charge is -2.33. The molecular weight excluding hydrogens is 318 g/mol. The van der Waals surface area contributed by atoms with Crippen molar-refractivity contribution in [2.75, 3.05) is 0 Å². The number of hydrogen-bond acceptors (Lipinski definition) is 4. The third-order valence-electron chi connectivity index (χ3n) is 4.47. The molecule has 5 heteroatoms. The van der Waals surface area contributed by atoms with Crippen LogP contribution in [0.4, 0.5) is 0 Å². The van der Waals surface area contributed by atoms with Gasteiger partial charge >= 0.3 is 5.97 Å². The normalized spacial score (nSPS) is 23.3. The molecule has 0 aliphatic heterocycles. The van der Waals surface area contributed by atoms with E-state index in [-0.39, 0.29) is 18.0 Å². The lowest BCUT2D eigenvalue weighted by Crippen LogP contribution is -2.49. The Hall–Kier alpha value is -2.47. The van der Waals surface area contributed by atoms with Crippen molar-refractivity contribution in [2.24, 2.45) is 0 Å². The molecule has 1 aliphatic carbocycles. The van der Waals surface area contributed by atoms with E-state index in [1.54, 1.807) is 0 Å². The van der Waals surface area contributed by atoms with Crippen LogP contribution in [0.5, 0.6) is 0 Å². The van der Waals surface area contributed by atoms with Crippen LogP contribution in [-0.2, 0) is 4.79 Å². The Labute approximate surface area is 146 Å². The third-order valence-corrected chi connectivity index (χ3v) is 4.47. The maximum Gasteiger partial charge on any atom is 0.331 e. The predicted octanol–water partition coefficient (Wildman–Crippen LogP) is 1.87. The number of benzene rings is 2. The maximum atomic E-state index is 11.3. The van der Waals surface area contributed by atoms with Crippen LogP contribution in [0, 0.1) is 0 Å². The summed E-state index contributed by atoms with van der Waals surface area (Å²) in [4.78, 5) is 11.3. The third kappa shape index (κ3) is 3.96. The van der Waals surface area contributed by atoms with Crippen molar-refractivity contribution in [3.8, 4) is 0 Å². The van der Waals surface area contributed by atoms with Gasteiger partial charge in [0.05, 0.1) is 24.3 Å². The Morgan fingerprint density at radius 1 is 0.960 bits per heavy atom. The zero-order valence-electron chi connectivity index (χ0n) is 13.6. The van der Waals surface area contributed by atoms with Crippen LogP contribution in [0.2, 0.25) is 0 Å². The number of aliphatic hydroxyl groups is 2. The molecule has 0 saturated heterocycles. The molecular formula is C20H21NO4. The van der Waals surface area contributed by atoms with E-state index >= 15 is 0 Å². The lowest BCUT2D eigenvalue weighted by molar-refractivity contribution is -0.133. The highest BCUT2D eigenvalue weighted by Crippen LogP contribution is 2.26. The van der Waals surface area contributed by atoms with Gasteiger partial charge in [-0.25, -0.2) is 4.79 Å². The number of hydrogen-bond donors (Lipinski definition) is 4. The van der Waals surface area contributed by atoms with Crippen molar-refractivity contribution in [2.45, 2.75) is 30.7 Å². The van der Waals surface area contributed by atoms with Gasteiger partial charge in [-0.15, -0.1) is 0 Å². The van der Waals surface area contributed by atoms with Crippen molar-refractivity contribution in [3.05, 3.63) is 83.4 Å². The lowest BCUT2D eigenvalue weighted by atomic mass is 9.88. The number of aliphatic hydroxyl groups excluding tert-OH is 2. The van der Waals surface area contributed by atoms with Gasteiger partial charge in [0, 0.05) is 12.0 Å². The smallest absolute Gasteiger partial charge is 0.331 e. The number of nitrogens with one attached hydrogen (secondary N) is 1. The molecule has 2 aromatic rings. The molecule has 1 aliphatic rings. The molecule has 0 spiro atoms. The van der Waals surface area contributed by atoms with Gasteiger partial charge in [0.15, 0.2) is 0 Å². The molecule has 0 radical (unpaired) electrons. The number of rotatable bonds is 5. The van der Waals surface area contributed by atoms with E-state index in [1.165, 1.54) is 6.08 Å². The predicted molar refractivity (Wildman–Crippen MR) is 94.0 cm³/mol. The molecule has 4 N–H and O–H groups in total. The van der Waals surface area contributed by atoms with Crippen molar-refractivity contribution in [1.82, 2.24) is 5.32 Å². The second-order valence-electron chi connectivity index (χ2n) is 6.21. The molecule has 0 heterocycles. The van der Waals surface area contributed by atoms with Crippen molar-refractivity contribution in [3.63, 3.8) is 0 Å². The number of aliphatic carboxylic acids is 1. The van der Waals surface area contributed by atoms with E-state index < -0.39 is 24.2 Å². The largest absolute Gasteiger partial charge is 0.478 e. The quantitative estimate of drug-likeness (QED) is 0.668. The minimum atomic E-state index is -1.11. The zero-order chi connectivity index (χ0) is 17.8. The van der Waals surface area contributed by atoms with Gasteiger partial charge in [0.1, 0.15) is 0 Å². The number of carboxylic acid groups (broad SMARTS) is 1. The average Bonchev–Trinajstić information content (AvgIpc) is 2.64. The van der Waals surface area contributed by atoms with Crippen LogP contribution in [-0.4, -0.2) is 39.5 Å². The second-order valence-corrected chi connectivity index (χ2v) is 6.21. The van der Waals surface area contributed by atoms with Gasteiger partial charge in [0.2, 0.25) is 0 Å². The summed E-state index contributed by atoms with van der Waals surface area (Å²) in [6.45, 7) is 0. The fraction of sp³-hybridized carbons (Fsp3) is 0.250. The maximum absolute atomic E-state index is 11.3. The highest BCUT2D eigenvalue weighted by atomic mass is 16.4. The first-order chi connectivity index (χ1) is 12.1. The summed E-state index contributed by atoms with van der Waals surface area (Å²) in [7, 11) is 0. The van der Waals surface area contributed by atoms with E-state index in [0.29, 0.717) is 0 Å². The number of carbonyl (C=O) groups is 1. The molecule has 0 saturated carbocycles. The van der Waals surface area contributed by atoms with E-state index in [0.717, 1.165) is 11.1 Å². The molecule has 0 aromatic heterocycles. The molecule has 3 rings (SSSR count). The first kappa shape index (κ1) is 17.4. The summed E-state index contributed by atoms with van der Waals surface area (Å²) in [6, 6.07) is 18.5. The molecule has 5 nitrogen and oxygen atoms in total. The first-order valence-corrected chi connectivity index (χ1v) is 8.22. The van der Waals surface area contributed by atoms with Gasteiger partial charge in [-0.3, -0.25) is 5.32 Å². The average molecular weight is 339 g/mol. The zero-order valence-corrected chi connectivity index (χ0v) is 13.6. The summed E-state index contributed by atoms with van der Waals surface area (Å²) >= 11 is 0. The Morgan fingerprint density at radius 2 is 1.48 bits per heavy atom. The summed E-state index contributed by atoms with van der Waals surface area (Å²) < 4.78 is 0. The van der Waals surface area contributed by atoms with Crippen LogP contribution in [0.3, 0.4) is 0 Å². The van der Waals surface area contributed by atoms with E-state index in [4.69, 9.17) is 0 Å². The van der Waals surface area contributed by atoms with Crippen LogP contribution >= 0.6 is 0 Å². The molecule has 0 amide bonds. The Morgan fingerprint density at radius 3 is 1.96 bits per heavy atom. The van der Waals surface area contributed by atoms with Crippen molar-refractivity contribution in [1.29, 1.82) is 0 Å². The molecule has 0 unspecified atom stereocenters. The summed E-state index contributed by atoms with van der Waals surface area (Å²) in [5, 5.41) is 32.9. The number of carboxylic acids is 1. The molecule has 25 heavy (non-hydrogen) atoms. The van der Waals surface area contributed by atoms with Crippen LogP contribution < -0.4 is 5.32 Å². The second kappa shape index (κ2) is 7.61. The monoisotopic (exact) mass is 339 g/mol. The SMILES string of the molecule is O=C(O)C1=C[C@@H](NC(c2ccccc2)c2ccccc2)[C@H](O)[C@H](O)C1. The van der Waals surface area contributed by atoms with Crippen molar-refractivity contribution >= 4 is 5.97 Å². The summed E-state index contributed by atoms with van der Waals surface area (Å²) in [5.74, 6) is -1.08. The van der Waals surface area contributed by atoms with Gasteiger partial charge in [-0.2, -0.15) is 0 Å². The first-order valence-electron chi connectivity index (χ1n) is 8.22. The topological polar surface area (TPSA) is 89.8 Å². The summed E-state index contributed by atoms with van der Waals surface area (Å²) in [6.07, 6.45) is -0.743. The van der Waals surface area contributed by atoms with E-state index in [2.05, 4.69) is 5.32 Å². The van der Waals surface area contributed by atoms with E-state index in [9.17, 15) is 20.1 Å². The van der Waals surface area contributed by atoms with Crippen LogP contribution in [0.1, 0.15) is 23.6 Å². The van der Waals surface area contributed by atoms with Gasteiger partial charge in [0.25, 0.3) is 0 Å². The van der Waals surface area contributed by atoms with E-state index in [1.807, 2.05) is 60.7 Å². The van der Waals surface area contributed by atoms with Gasteiger partial charge in [-0.1, -0.05) is 66.7 Å². The highest BCUT2D eigenvalue weighted by molar-refractivity contribution is 5.87. The molecule has 3 atom stereocenters. The van der Waals surface area contributed by atoms with Crippen LogP contribution in [0.15, 0.2) is 72.3 Å². The molecule has 2 aromatic carbocycles. The fourth-order valence-corrected chi connectivity index (χ4v) is 3.14. The Kier molecular flexibility index (Phi) is 5.28. The minimum absolute atomic E-state index is 0.0595. The minimum Gasteiger partial charge on any atom is -0.478 e. The highest BCUT2D eigenvalue weighted by Gasteiger charge is 2.34. The van der Waals surface area contributed by atoms with Crippen LogP contribution in [0.25, 0.3) is 0 Å². The Balaban J connectivity index is 1.95. The standard InChI is InChI=1S/C20H21NO4/c22-17-12-15(20(24)25)11-16(19(17)23)21-18(13-7-3-1-4-8-13)14-9-5-2-6-10-14/h1-11,16-19,21-23H,12H2,(H,24,25)/t16-,17-,19+/m1/s1.